The molecule has 0 atom stereocenters. The van der Waals surface area contributed by atoms with Gasteiger partial charge < -0.3 is 10.6 Å². The van der Waals surface area contributed by atoms with Gasteiger partial charge >= 0.3 is 0 Å². The van der Waals surface area contributed by atoms with E-state index in [9.17, 15) is 13.2 Å². The first-order valence-electron chi connectivity index (χ1n) is 5.93. The predicted molar refractivity (Wildman–Crippen MR) is 69.6 cm³/mol. The van der Waals surface area contributed by atoms with E-state index in [1.165, 1.54) is 0 Å². The molecule has 0 aromatic rings. The Morgan fingerprint density at radius 3 is 2.24 bits per heavy atom. The van der Waals surface area contributed by atoms with Crippen LogP contribution in [-0.2, 0) is 14.6 Å². The van der Waals surface area contributed by atoms with Crippen LogP contribution in [-0.4, -0.2) is 45.0 Å². The summed E-state index contributed by atoms with van der Waals surface area (Å²) in [6.07, 6.45) is 0. The third kappa shape index (κ3) is 10.3. The molecular formula is C11H24N2O3S. The van der Waals surface area contributed by atoms with Gasteiger partial charge in [-0.25, -0.2) is 8.42 Å². The molecule has 0 saturated heterocycles. The average Bonchev–Trinajstić information content (AvgIpc) is 2.09. The number of nitrogens with one attached hydrogen (secondary N) is 2. The molecule has 0 unspecified atom stereocenters. The van der Waals surface area contributed by atoms with Crippen molar-refractivity contribution in [3.05, 3.63) is 0 Å². The van der Waals surface area contributed by atoms with E-state index in [-0.39, 0.29) is 11.8 Å². The summed E-state index contributed by atoms with van der Waals surface area (Å²) in [5.74, 6) is -0.356. The van der Waals surface area contributed by atoms with Crippen molar-refractivity contribution in [2.75, 3.05) is 24.6 Å². The number of amides is 1. The lowest BCUT2D eigenvalue weighted by Gasteiger charge is -2.10. The minimum absolute atomic E-state index is 0.00519. The van der Waals surface area contributed by atoms with Gasteiger partial charge in [0.15, 0.2) is 9.84 Å². The zero-order valence-electron chi connectivity index (χ0n) is 11.1. The lowest BCUT2D eigenvalue weighted by molar-refractivity contribution is -0.119. The zero-order chi connectivity index (χ0) is 13.5. The molecule has 0 aromatic carbocycles. The summed E-state index contributed by atoms with van der Waals surface area (Å²) in [5.41, 5.74) is 0. The molecule has 1 amide bonds. The molecule has 0 aliphatic rings. The van der Waals surface area contributed by atoms with Crippen molar-refractivity contribution in [2.24, 2.45) is 5.92 Å². The van der Waals surface area contributed by atoms with Crippen LogP contribution in [0, 0.1) is 5.92 Å². The number of rotatable bonds is 8. The van der Waals surface area contributed by atoms with Gasteiger partial charge in [-0.05, 0) is 26.3 Å². The number of hydrogen-bond donors (Lipinski definition) is 2. The maximum atomic E-state index is 11.6. The fraction of sp³-hybridized carbons (Fsp3) is 0.909. The summed E-state index contributed by atoms with van der Waals surface area (Å²) in [5, 5.41) is 5.61. The lowest BCUT2D eigenvalue weighted by atomic mass is 10.2. The highest BCUT2D eigenvalue weighted by atomic mass is 32.2. The van der Waals surface area contributed by atoms with Crippen molar-refractivity contribution in [3.63, 3.8) is 0 Å². The van der Waals surface area contributed by atoms with Gasteiger partial charge in [0.2, 0.25) is 5.91 Å². The number of hydrogen-bond acceptors (Lipinski definition) is 4. The van der Waals surface area contributed by atoms with Crippen LogP contribution in [0.2, 0.25) is 0 Å². The van der Waals surface area contributed by atoms with Crippen molar-refractivity contribution in [1.82, 2.24) is 10.6 Å². The van der Waals surface area contributed by atoms with Crippen LogP contribution in [0.4, 0.5) is 0 Å². The molecule has 0 fully saturated rings. The Hall–Kier alpha value is -0.620. The Labute approximate surface area is 104 Å². The molecule has 0 aliphatic carbocycles. The molecule has 2 N–H and O–H groups in total. The van der Waals surface area contributed by atoms with Crippen molar-refractivity contribution < 1.29 is 13.2 Å². The Morgan fingerprint density at radius 2 is 1.76 bits per heavy atom. The highest BCUT2D eigenvalue weighted by molar-refractivity contribution is 7.92. The third-order valence-corrected chi connectivity index (χ3v) is 3.47. The largest absolute Gasteiger partial charge is 0.353 e. The van der Waals surface area contributed by atoms with Crippen LogP contribution in [0.5, 0.6) is 0 Å². The van der Waals surface area contributed by atoms with Gasteiger partial charge in [0.25, 0.3) is 0 Å². The monoisotopic (exact) mass is 264 g/mol. The van der Waals surface area contributed by atoms with Gasteiger partial charge in [0.1, 0.15) is 5.75 Å². The zero-order valence-corrected chi connectivity index (χ0v) is 11.9. The Morgan fingerprint density at radius 1 is 1.18 bits per heavy atom. The summed E-state index contributed by atoms with van der Waals surface area (Å²) in [4.78, 5) is 11.3. The molecule has 0 rings (SSSR count). The van der Waals surface area contributed by atoms with Crippen LogP contribution < -0.4 is 10.6 Å². The molecule has 6 heteroatoms. The van der Waals surface area contributed by atoms with E-state index in [0.29, 0.717) is 12.5 Å². The van der Waals surface area contributed by atoms with E-state index < -0.39 is 21.5 Å². The first-order chi connectivity index (χ1) is 7.73. The first kappa shape index (κ1) is 16.4. The molecule has 0 heterocycles. The van der Waals surface area contributed by atoms with Crippen LogP contribution in [0.25, 0.3) is 0 Å². The summed E-state index contributed by atoms with van der Waals surface area (Å²) < 4.78 is 23.1. The summed E-state index contributed by atoms with van der Waals surface area (Å²) in [7, 11) is -3.30. The van der Waals surface area contributed by atoms with Crippen molar-refractivity contribution in [3.8, 4) is 0 Å². The van der Waals surface area contributed by atoms with Crippen LogP contribution in [0.3, 0.4) is 0 Å². The number of carbonyl (C=O) groups excluding carboxylic acids is 1. The van der Waals surface area contributed by atoms with Gasteiger partial charge in [0.05, 0.1) is 5.75 Å². The predicted octanol–water partition coefficient (Wildman–Crippen LogP) is 0.171. The maximum Gasteiger partial charge on any atom is 0.235 e. The van der Waals surface area contributed by atoms with Gasteiger partial charge in [0, 0.05) is 12.6 Å². The van der Waals surface area contributed by atoms with Gasteiger partial charge in [-0.15, -0.1) is 0 Å². The smallest absolute Gasteiger partial charge is 0.235 e. The van der Waals surface area contributed by atoms with E-state index >= 15 is 0 Å². The summed E-state index contributed by atoms with van der Waals surface area (Å²) >= 11 is 0. The molecule has 0 radical (unpaired) electrons. The van der Waals surface area contributed by atoms with E-state index in [4.69, 9.17) is 0 Å². The summed E-state index contributed by atoms with van der Waals surface area (Å²) in [6.45, 7) is 8.89. The van der Waals surface area contributed by atoms with E-state index in [1.54, 1.807) is 13.8 Å². The fourth-order valence-electron chi connectivity index (χ4n) is 1.25. The van der Waals surface area contributed by atoms with Gasteiger partial charge in [-0.2, -0.15) is 0 Å². The molecule has 17 heavy (non-hydrogen) atoms. The fourth-order valence-corrected chi connectivity index (χ4v) is 2.34. The topological polar surface area (TPSA) is 75.3 Å². The number of sulfone groups is 1. The molecule has 0 aliphatic heterocycles. The highest BCUT2D eigenvalue weighted by Crippen LogP contribution is 1.92. The standard InChI is InChI=1S/C11H24N2O3S/c1-9(2)7-12-5-6-17(15,16)8-11(14)13-10(3)4/h9-10,12H,5-8H2,1-4H3,(H,13,14). The van der Waals surface area contributed by atoms with Crippen LogP contribution in [0.15, 0.2) is 0 Å². The van der Waals surface area contributed by atoms with Crippen molar-refractivity contribution in [1.29, 1.82) is 0 Å². The second-order valence-corrected chi connectivity index (χ2v) is 7.10. The Bertz CT molecular complexity index is 324. The average molecular weight is 264 g/mol. The van der Waals surface area contributed by atoms with E-state index in [0.717, 1.165) is 6.54 Å². The Kier molecular flexibility index (Phi) is 7.38. The van der Waals surface area contributed by atoms with Crippen LogP contribution in [0.1, 0.15) is 27.7 Å². The van der Waals surface area contributed by atoms with Crippen molar-refractivity contribution >= 4 is 15.7 Å². The molecule has 0 bridgehead atoms. The normalized spacial score (nSPS) is 12.1. The summed E-state index contributed by atoms with van der Waals surface area (Å²) in [6, 6.07) is -0.0308. The number of carbonyl (C=O) groups is 1. The van der Waals surface area contributed by atoms with E-state index in [2.05, 4.69) is 24.5 Å². The Balaban J connectivity index is 3.92. The minimum atomic E-state index is -3.30. The second kappa shape index (κ2) is 7.66. The molecule has 5 nitrogen and oxygen atoms in total. The van der Waals surface area contributed by atoms with Crippen molar-refractivity contribution in [2.45, 2.75) is 33.7 Å². The molecule has 0 aromatic heterocycles. The highest BCUT2D eigenvalue weighted by Gasteiger charge is 2.16. The first-order valence-corrected chi connectivity index (χ1v) is 7.75. The quantitative estimate of drug-likeness (QED) is 0.613. The second-order valence-electron chi connectivity index (χ2n) is 4.91. The lowest BCUT2D eigenvalue weighted by Crippen LogP contribution is -2.37. The van der Waals surface area contributed by atoms with Crippen LogP contribution >= 0.6 is 0 Å². The molecular weight excluding hydrogens is 240 g/mol. The molecule has 102 valence electrons. The minimum Gasteiger partial charge on any atom is -0.353 e. The molecule has 0 spiro atoms. The van der Waals surface area contributed by atoms with E-state index in [1.807, 2.05) is 0 Å². The third-order valence-electron chi connectivity index (χ3n) is 1.94. The molecule has 0 saturated carbocycles. The van der Waals surface area contributed by atoms with Gasteiger partial charge in [-0.3, -0.25) is 4.79 Å². The van der Waals surface area contributed by atoms with Gasteiger partial charge in [-0.1, -0.05) is 13.8 Å². The maximum absolute atomic E-state index is 11.6. The SMILES string of the molecule is CC(C)CNCCS(=O)(=O)CC(=O)NC(C)C.